The van der Waals surface area contributed by atoms with E-state index in [9.17, 15) is 4.79 Å². The minimum Gasteiger partial charge on any atom is -0.461 e. The van der Waals surface area contributed by atoms with Crippen LogP contribution in [0, 0.1) is 11.7 Å². The number of pyridine rings is 1. The molecule has 56 heavy (non-hydrogen) atoms. The molecule has 4 aliphatic rings. The van der Waals surface area contributed by atoms with Crippen molar-refractivity contribution >= 4 is 53.1 Å². The van der Waals surface area contributed by atoms with Crippen LogP contribution in [0.15, 0.2) is 66.9 Å². The molecule has 298 valence electrons. The van der Waals surface area contributed by atoms with Crippen molar-refractivity contribution in [2.24, 2.45) is 5.92 Å². The monoisotopic (exact) mass is 800 g/mol. The van der Waals surface area contributed by atoms with Gasteiger partial charge in [-0.1, -0.05) is 100.0 Å². The molecule has 0 aliphatic carbocycles. The Morgan fingerprint density at radius 3 is 2.12 bits per heavy atom. The molecule has 2 aromatic heterocycles. The smallest absolute Gasteiger partial charge is 0.410 e. The van der Waals surface area contributed by atoms with Gasteiger partial charge >= 0.3 is 12.1 Å². The van der Waals surface area contributed by atoms with Crippen molar-refractivity contribution in [3.63, 3.8) is 0 Å². The van der Waals surface area contributed by atoms with E-state index in [2.05, 4.69) is 108 Å². The third-order valence-electron chi connectivity index (χ3n) is 12.2. The van der Waals surface area contributed by atoms with Gasteiger partial charge in [0.2, 0.25) is 0 Å². The molecule has 8 rings (SSSR count). The Morgan fingerprint density at radius 2 is 1.54 bits per heavy atom. The summed E-state index contributed by atoms with van der Waals surface area (Å²) in [5.41, 5.74) is -0.828. The number of amides is 1. The highest BCUT2D eigenvalue weighted by molar-refractivity contribution is 6.99. The number of piperazine rings is 1. The summed E-state index contributed by atoms with van der Waals surface area (Å²) in [4.78, 5) is 33.5. The van der Waals surface area contributed by atoms with E-state index in [0.29, 0.717) is 36.8 Å². The summed E-state index contributed by atoms with van der Waals surface area (Å²) in [5.74, 6) is 0.295. The second-order valence-corrected chi connectivity index (χ2v) is 23.1. The maximum atomic E-state index is 15.8. The van der Waals surface area contributed by atoms with Crippen LogP contribution in [-0.2, 0) is 9.16 Å². The Labute approximate surface area is 335 Å². The van der Waals surface area contributed by atoms with Crippen molar-refractivity contribution < 1.29 is 23.1 Å². The van der Waals surface area contributed by atoms with E-state index in [0.717, 1.165) is 38.8 Å². The fourth-order valence-corrected chi connectivity index (χ4v) is 14.9. The summed E-state index contributed by atoms with van der Waals surface area (Å²) < 4.78 is 35.8. The molecule has 6 heterocycles. The molecule has 0 radical (unpaired) electrons. The van der Waals surface area contributed by atoms with Crippen LogP contribution in [0.4, 0.5) is 15.0 Å². The zero-order chi connectivity index (χ0) is 39.6. The molecule has 2 bridgehead atoms. The number of aromatic nitrogens is 3. The molecule has 10 nitrogen and oxygen atoms in total. The minimum atomic E-state index is -2.79. The van der Waals surface area contributed by atoms with Gasteiger partial charge in [0.1, 0.15) is 23.5 Å². The van der Waals surface area contributed by atoms with E-state index in [4.69, 9.17) is 30.5 Å². The van der Waals surface area contributed by atoms with Gasteiger partial charge in [-0.3, -0.25) is 9.80 Å². The second kappa shape index (κ2) is 14.5. The quantitative estimate of drug-likeness (QED) is 0.135. The first-order valence-electron chi connectivity index (χ1n) is 20.0. The molecule has 2 aromatic carbocycles. The number of anilines is 1. The molecular weight excluding hydrogens is 747 g/mol. The number of ether oxygens (including phenoxy) is 2. The van der Waals surface area contributed by atoms with E-state index in [-0.39, 0.29) is 51.5 Å². The molecule has 13 heteroatoms. The number of rotatable bonds is 8. The third kappa shape index (κ3) is 7.05. The van der Waals surface area contributed by atoms with Crippen molar-refractivity contribution in [2.45, 2.75) is 109 Å². The molecule has 2 unspecified atom stereocenters. The lowest BCUT2D eigenvalue weighted by molar-refractivity contribution is 0.0122. The average molecular weight is 801 g/mol. The SMILES string of the molecule is C[C@@H]1CN2C[C@H](O[Si](c3ccccc3)(c3ccccc3)C(C)(C)C)C[C@]2(COc2nc(N3CC4CCC(C3)N4C(=O)OC(C)(C)C)c3cnc(Cl)c(F)c3n2)C1. The van der Waals surface area contributed by atoms with E-state index < -0.39 is 19.7 Å². The number of benzene rings is 2. The van der Waals surface area contributed by atoms with E-state index in [1.54, 1.807) is 0 Å². The van der Waals surface area contributed by atoms with Gasteiger partial charge in [0.25, 0.3) is 8.32 Å². The first-order chi connectivity index (χ1) is 26.6. The van der Waals surface area contributed by atoms with Gasteiger partial charge in [-0.05, 0) is 67.8 Å². The van der Waals surface area contributed by atoms with Gasteiger partial charge in [-0.15, -0.1) is 0 Å². The maximum absolute atomic E-state index is 15.8. The zero-order valence-corrected chi connectivity index (χ0v) is 35.4. The summed E-state index contributed by atoms with van der Waals surface area (Å²) in [6.45, 7) is 18.0. The van der Waals surface area contributed by atoms with Crippen LogP contribution < -0.4 is 20.0 Å². The number of carbonyl (C=O) groups excluding carboxylic acids is 1. The number of hydrogen-bond acceptors (Lipinski definition) is 9. The summed E-state index contributed by atoms with van der Waals surface area (Å²) >= 11 is 6.22. The van der Waals surface area contributed by atoms with Crippen LogP contribution in [0.25, 0.3) is 10.9 Å². The summed E-state index contributed by atoms with van der Waals surface area (Å²) in [6, 6.07) is 21.5. The normalized spacial score (nSPS) is 25.5. The molecule has 4 aromatic rings. The fraction of sp³-hybridized carbons (Fsp3) is 0.535. The van der Waals surface area contributed by atoms with Crippen LogP contribution >= 0.6 is 11.6 Å². The maximum Gasteiger partial charge on any atom is 0.410 e. The van der Waals surface area contributed by atoms with E-state index in [1.807, 2.05) is 25.7 Å². The average Bonchev–Trinajstić information content (AvgIpc) is 3.73. The highest BCUT2D eigenvalue weighted by atomic mass is 35.5. The summed E-state index contributed by atoms with van der Waals surface area (Å²) in [7, 11) is -2.79. The van der Waals surface area contributed by atoms with Crippen molar-refractivity contribution in [1.82, 2.24) is 24.8 Å². The van der Waals surface area contributed by atoms with Gasteiger partial charge in [0.15, 0.2) is 11.0 Å². The fourth-order valence-electron chi connectivity index (χ4n) is 10.0. The van der Waals surface area contributed by atoms with Crippen molar-refractivity contribution in [3.05, 3.63) is 77.8 Å². The van der Waals surface area contributed by atoms with E-state index in [1.165, 1.54) is 16.6 Å². The second-order valence-electron chi connectivity index (χ2n) is 18.5. The van der Waals surface area contributed by atoms with Crippen LogP contribution in [0.5, 0.6) is 6.01 Å². The third-order valence-corrected chi connectivity index (χ3v) is 17.5. The van der Waals surface area contributed by atoms with Crippen molar-refractivity contribution in [1.29, 1.82) is 0 Å². The van der Waals surface area contributed by atoms with Crippen LogP contribution in [-0.4, -0.2) is 101 Å². The standard InChI is InChI=1S/C43H54ClFN6O4Si/c1-28-20-43(21-31(26-50(43)23-28)55-56(42(5,6)7,32-14-10-8-11-15-32)33-16-12-9-13-17-33)27-53-39-47-36-34(22-46-37(44)35(36)45)38(48-39)49-24-29-18-19-30(25-49)51(29)40(52)54-41(2,3)4/h8-17,22,28-31H,18-21,23-27H2,1-7H3/t28-,29?,30?,31+,43-/m0/s1. The highest BCUT2D eigenvalue weighted by Gasteiger charge is 2.57. The van der Waals surface area contributed by atoms with Crippen molar-refractivity contribution in [3.8, 4) is 6.01 Å². The Morgan fingerprint density at radius 1 is 0.911 bits per heavy atom. The van der Waals surface area contributed by atoms with Gasteiger partial charge in [0, 0.05) is 32.4 Å². The van der Waals surface area contributed by atoms with Crippen LogP contribution in [0.3, 0.4) is 0 Å². The molecule has 0 saturated carbocycles. The minimum absolute atomic E-state index is 0.0236. The number of carbonyl (C=O) groups is 1. The molecular formula is C43H54ClFN6O4Si. The van der Waals surface area contributed by atoms with Crippen LogP contribution in [0.1, 0.15) is 74.1 Å². The Bertz CT molecular complexity index is 2030. The summed E-state index contributed by atoms with van der Waals surface area (Å²) in [6.07, 6.45) is 4.63. The lowest BCUT2D eigenvalue weighted by Gasteiger charge is -2.45. The van der Waals surface area contributed by atoms with Gasteiger partial charge in [-0.25, -0.2) is 14.2 Å². The van der Waals surface area contributed by atoms with Gasteiger partial charge in [-0.2, -0.15) is 9.97 Å². The van der Waals surface area contributed by atoms with Crippen molar-refractivity contribution in [2.75, 3.05) is 37.7 Å². The topological polar surface area (TPSA) is 93.2 Å². The predicted molar refractivity (Wildman–Crippen MR) is 220 cm³/mol. The molecule has 4 aliphatic heterocycles. The Balaban J connectivity index is 1.08. The van der Waals surface area contributed by atoms with Gasteiger partial charge < -0.3 is 18.8 Å². The first-order valence-corrected chi connectivity index (χ1v) is 22.3. The predicted octanol–water partition coefficient (Wildman–Crippen LogP) is 7.21. The highest BCUT2D eigenvalue weighted by Crippen LogP contribution is 2.46. The number of nitrogens with zero attached hydrogens (tertiary/aromatic N) is 6. The number of hydrogen-bond donors (Lipinski definition) is 0. The lowest BCUT2D eigenvalue weighted by atomic mass is 9.91. The lowest BCUT2D eigenvalue weighted by Crippen LogP contribution is -2.67. The molecule has 0 N–H and O–H groups in total. The molecule has 0 spiro atoms. The largest absolute Gasteiger partial charge is 0.461 e. The van der Waals surface area contributed by atoms with Gasteiger partial charge in [0.05, 0.1) is 29.1 Å². The zero-order valence-electron chi connectivity index (χ0n) is 33.6. The molecule has 1 amide bonds. The van der Waals surface area contributed by atoms with Crippen LogP contribution in [0.2, 0.25) is 10.2 Å². The molecule has 4 saturated heterocycles. The Hall–Kier alpha value is -3.84. The molecule has 5 atom stereocenters. The number of halogens is 2. The molecule has 4 fully saturated rings. The van der Waals surface area contributed by atoms with E-state index >= 15 is 4.39 Å². The summed E-state index contributed by atoms with van der Waals surface area (Å²) in [5, 5.41) is 2.58. The first kappa shape index (κ1) is 39.0. The Kier molecular flexibility index (Phi) is 10.1. The number of fused-ring (bicyclic) bond motifs is 4.